The van der Waals surface area contributed by atoms with Crippen LogP contribution in [0.25, 0.3) is 6.08 Å². The molecule has 0 aliphatic carbocycles. The number of carbonyl (C=O) groups is 2. The molecule has 2 fully saturated rings. The molecule has 1 aromatic carbocycles. The Bertz CT molecular complexity index is 713. The van der Waals surface area contributed by atoms with Crippen LogP contribution in [0.4, 0.5) is 10.5 Å². The standard InChI is InChI=1S/C19H24N2O4S/c1-24-11-10-21-18(22)17(26-19(21)23)12-14-6-7-15(13-16(14)25-2)20-8-4-3-5-9-20/h6-7,12-13H,3-5,8-11H2,1-2H3/b17-12+. The molecule has 0 unspecified atom stereocenters. The van der Waals surface area contributed by atoms with E-state index in [-0.39, 0.29) is 17.7 Å². The number of nitrogens with zero attached hydrogens (tertiary/aromatic N) is 2. The number of thioether (sulfide) groups is 1. The zero-order valence-corrected chi connectivity index (χ0v) is 16.0. The molecule has 7 heteroatoms. The molecule has 0 radical (unpaired) electrons. The normalized spacial score (nSPS) is 19.5. The quantitative estimate of drug-likeness (QED) is 0.710. The van der Waals surface area contributed by atoms with E-state index in [1.54, 1.807) is 20.3 Å². The molecular weight excluding hydrogens is 352 g/mol. The number of amides is 2. The first-order chi connectivity index (χ1) is 12.6. The zero-order chi connectivity index (χ0) is 18.5. The molecular formula is C19H24N2O4S. The molecule has 0 spiro atoms. The van der Waals surface area contributed by atoms with Crippen molar-refractivity contribution in [3.63, 3.8) is 0 Å². The summed E-state index contributed by atoms with van der Waals surface area (Å²) in [6.07, 6.45) is 5.43. The maximum Gasteiger partial charge on any atom is 0.293 e. The number of methoxy groups -OCH3 is 2. The number of rotatable bonds is 6. The lowest BCUT2D eigenvalue weighted by Crippen LogP contribution is -2.31. The molecule has 0 N–H and O–H groups in total. The van der Waals surface area contributed by atoms with E-state index in [0.29, 0.717) is 17.3 Å². The van der Waals surface area contributed by atoms with Gasteiger partial charge in [0.05, 0.1) is 25.2 Å². The number of piperidine rings is 1. The second-order valence-electron chi connectivity index (χ2n) is 6.30. The fourth-order valence-corrected chi connectivity index (χ4v) is 4.04. The molecule has 2 aliphatic rings. The Balaban J connectivity index is 1.81. The van der Waals surface area contributed by atoms with E-state index in [0.717, 1.165) is 36.1 Å². The highest BCUT2D eigenvalue weighted by Gasteiger charge is 2.34. The van der Waals surface area contributed by atoms with Crippen molar-refractivity contribution < 1.29 is 19.1 Å². The predicted molar refractivity (Wildman–Crippen MR) is 104 cm³/mol. The van der Waals surface area contributed by atoms with E-state index in [4.69, 9.17) is 9.47 Å². The summed E-state index contributed by atoms with van der Waals surface area (Å²) < 4.78 is 10.5. The maximum absolute atomic E-state index is 12.5. The van der Waals surface area contributed by atoms with E-state index in [1.807, 2.05) is 12.1 Å². The highest BCUT2D eigenvalue weighted by molar-refractivity contribution is 8.18. The molecule has 140 valence electrons. The van der Waals surface area contributed by atoms with Gasteiger partial charge < -0.3 is 14.4 Å². The average molecular weight is 376 g/mol. The van der Waals surface area contributed by atoms with Gasteiger partial charge in [0.2, 0.25) is 0 Å². The average Bonchev–Trinajstić information content (AvgIpc) is 2.94. The second-order valence-corrected chi connectivity index (χ2v) is 7.29. The van der Waals surface area contributed by atoms with Crippen LogP contribution in [0.15, 0.2) is 23.1 Å². The molecule has 0 saturated carbocycles. The Hall–Kier alpha value is -1.99. The van der Waals surface area contributed by atoms with Crippen LogP contribution in [0.3, 0.4) is 0 Å². The van der Waals surface area contributed by atoms with Gasteiger partial charge in [-0.1, -0.05) is 0 Å². The molecule has 3 rings (SSSR count). The number of hydrogen-bond acceptors (Lipinski definition) is 6. The summed E-state index contributed by atoms with van der Waals surface area (Å²) in [5.41, 5.74) is 1.93. The van der Waals surface area contributed by atoms with Crippen molar-refractivity contribution in [2.75, 3.05) is 45.4 Å². The monoisotopic (exact) mass is 376 g/mol. The Labute approximate surface area is 158 Å². The molecule has 2 saturated heterocycles. The number of ether oxygens (including phenoxy) is 2. The largest absolute Gasteiger partial charge is 0.496 e. The summed E-state index contributed by atoms with van der Waals surface area (Å²) in [4.78, 5) is 28.5. The van der Waals surface area contributed by atoms with Gasteiger partial charge in [-0.2, -0.15) is 0 Å². The molecule has 26 heavy (non-hydrogen) atoms. The fraction of sp³-hybridized carbons (Fsp3) is 0.474. The minimum absolute atomic E-state index is 0.262. The van der Waals surface area contributed by atoms with Gasteiger partial charge >= 0.3 is 0 Å². The first-order valence-electron chi connectivity index (χ1n) is 8.81. The van der Waals surface area contributed by atoms with Crippen LogP contribution >= 0.6 is 11.8 Å². The smallest absolute Gasteiger partial charge is 0.293 e. The molecule has 0 atom stereocenters. The van der Waals surface area contributed by atoms with E-state index < -0.39 is 0 Å². The van der Waals surface area contributed by atoms with Crippen molar-refractivity contribution >= 4 is 34.7 Å². The van der Waals surface area contributed by atoms with Crippen LogP contribution < -0.4 is 9.64 Å². The molecule has 2 aliphatic heterocycles. The van der Waals surface area contributed by atoms with Gasteiger partial charge in [-0.3, -0.25) is 14.5 Å². The lowest BCUT2D eigenvalue weighted by atomic mass is 10.1. The molecule has 2 heterocycles. The molecule has 2 amide bonds. The van der Waals surface area contributed by atoms with Crippen molar-refractivity contribution in [3.05, 3.63) is 28.7 Å². The molecule has 0 bridgehead atoms. The van der Waals surface area contributed by atoms with Gasteiger partial charge in [0.25, 0.3) is 11.1 Å². The van der Waals surface area contributed by atoms with Crippen LogP contribution in [0.2, 0.25) is 0 Å². The second kappa shape index (κ2) is 8.60. The minimum Gasteiger partial charge on any atom is -0.496 e. The van der Waals surface area contributed by atoms with Crippen molar-refractivity contribution in [2.45, 2.75) is 19.3 Å². The van der Waals surface area contributed by atoms with Crippen LogP contribution in [0.1, 0.15) is 24.8 Å². The van der Waals surface area contributed by atoms with Gasteiger partial charge in [0.1, 0.15) is 5.75 Å². The highest BCUT2D eigenvalue weighted by Crippen LogP contribution is 2.35. The SMILES string of the molecule is COCCN1C(=O)S/C(=C/c2ccc(N3CCCCC3)cc2OC)C1=O. The molecule has 0 aromatic heterocycles. The van der Waals surface area contributed by atoms with E-state index in [1.165, 1.54) is 24.2 Å². The summed E-state index contributed by atoms with van der Waals surface area (Å²) in [7, 11) is 3.17. The predicted octanol–water partition coefficient (Wildman–Crippen LogP) is 3.37. The van der Waals surface area contributed by atoms with Crippen molar-refractivity contribution in [2.24, 2.45) is 0 Å². The third-order valence-corrected chi connectivity index (χ3v) is 5.52. The number of benzene rings is 1. The summed E-state index contributed by atoms with van der Waals surface area (Å²) in [6.45, 7) is 2.71. The van der Waals surface area contributed by atoms with Gasteiger partial charge in [-0.05, 0) is 49.2 Å². The molecule has 1 aromatic rings. The van der Waals surface area contributed by atoms with Crippen LogP contribution in [-0.2, 0) is 9.53 Å². The summed E-state index contributed by atoms with van der Waals surface area (Å²) in [6, 6.07) is 6.01. The Morgan fingerprint density at radius 2 is 1.92 bits per heavy atom. The minimum atomic E-state index is -0.279. The summed E-state index contributed by atoms with van der Waals surface area (Å²) in [5, 5.41) is -0.262. The Kier molecular flexibility index (Phi) is 6.21. The van der Waals surface area contributed by atoms with Gasteiger partial charge in [0.15, 0.2) is 0 Å². The van der Waals surface area contributed by atoms with E-state index >= 15 is 0 Å². The first-order valence-corrected chi connectivity index (χ1v) is 9.63. The van der Waals surface area contributed by atoms with Crippen molar-refractivity contribution in [1.29, 1.82) is 0 Å². The number of anilines is 1. The summed E-state index contributed by atoms with van der Waals surface area (Å²) >= 11 is 0.956. The van der Waals surface area contributed by atoms with Crippen molar-refractivity contribution in [1.82, 2.24) is 4.90 Å². The van der Waals surface area contributed by atoms with Crippen LogP contribution in [0.5, 0.6) is 5.75 Å². The zero-order valence-electron chi connectivity index (χ0n) is 15.2. The number of carbonyl (C=O) groups excluding carboxylic acids is 2. The number of imide groups is 1. The summed E-state index contributed by atoms with van der Waals surface area (Å²) in [5.74, 6) is 0.427. The number of hydrogen-bond donors (Lipinski definition) is 0. The maximum atomic E-state index is 12.5. The van der Waals surface area contributed by atoms with E-state index in [9.17, 15) is 9.59 Å². The van der Waals surface area contributed by atoms with Gasteiger partial charge in [0, 0.05) is 37.5 Å². The first kappa shape index (κ1) is 18.8. The van der Waals surface area contributed by atoms with Gasteiger partial charge in [-0.25, -0.2) is 0 Å². The lowest BCUT2D eigenvalue weighted by molar-refractivity contribution is -0.123. The van der Waals surface area contributed by atoms with E-state index in [2.05, 4.69) is 11.0 Å². The highest BCUT2D eigenvalue weighted by atomic mass is 32.2. The Morgan fingerprint density at radius 3 is 2.62 bits per heavy atom. The topological polar surface area (TPSA) is 59.1 Å². The van der Waals surface area contributed by atoms with Gasteiger partial charge in [-0.15, -0.1) is 0 Å². The lowest BCUT2D eigenvalue weighted by Gasteiger charge is -2.29. The third-order valence-electron chi connectivity index (χ3n) is 4.62. The van der Waals surface area contributed by atoms with Crippen LogP contribution in [-0.4, -0.2) is 56.5 Å². The molecule has 6 nitrogen and oxygen atoms in total. The Morgan fingerprint density at radius 1 is 1.15 bits per heavy atom. The fourth-order valence-electron chi connectivity index (χ4n) is 3.18. The third kappa shape index (κ3) is 4.04. The van der Waals surface area contributed by atoms with Crippen LogP contribution in [0, 0.1) is 0 Å². The van der Waals surface area contributed by atoms with Crippen molar-refractivity contribution in [3.8, 4) is 5.75 Å².